The molecular formula is C9H20N2O2. The van der Waals surface area contributed by atoms with Crippen LogP contribution in [0.4, 0.5) is 0 Å². The van der Waals surface area contributed by atoms with Crippen molar-refractivity contribution in [2.24, 2.45) is 5.73 Å². The van der Waals surface area contributed by atoms with Gasteiger partial charge < -0.3 is 15.2 Å². The summed E-state index contributed by atoms with van der Waals surface area (Å²) in [6, 6.07) is 0.461. The van der Waals surface area contributed by atoms with Gasteiger partial charge in [-0.3, -0.25) is 4.90 Å². The van der Waals surface area contributed by atoms with Crippen LogP contribution in [-0.2, 0) is 9.47 Å². The molecule has 13 heavy (non-hydrogen) atoms. The lowest BCUT2D eigenvalue weighted by Gasteiger charge is -2.36. The minimum Gasteiger partial charge on any atom is -0.383 e. The van der Waals surface area contributed by atoms with Gasteiger partial charge in [0.2, 0.25) is 0 Å². The van der Waals surface area contributed by atoms with Crippen LogP contribution >= 0.6 is 0 Å². The lowest BCUT2D eigenvalue weighted by molar-refractivity contribution is -0.0459. The highest BCUT2D eigenvalue weighted by atomic mass is 16.5. The lowest BCUT2D eigenvalue weighted by atomic mass is 10.2. The zero-order valence-electron chi connectivity index (χ0n) is 8.53. The van der Waals surface area contributed by atoms with Crippen LogP contribution in [0.1, 0.15) is 6.92 Å². The van der Waals surface area contributed by atoms with E-state index in [1.807, 2.05) is 0 Å². The minimum absolute atomic E-state index is 0.202. The Hall–Kier alpha value is -0.160. The van der Waals surface area contributed by atoms with Crippen LogP contribution < -0.4 is 5.73 Å². The summed E-state index contributed by atoms with van der Waals surface area (Å²) >= 11 is 0. The van der Waals surface area contributed by atoms with Crippen molar-refractivity contribution < 1.29 is 9.47 Å². The number of hydrogen-bond donors (Lipinski definition) is 1. The van der Waals surface area contributed by atoms with Crippen molar-refractivity contribution in [2.75, 3.05) is 40.0 Å². The van der Waals surface area contributed by atoms with Gasteiger partial charge in [-0.25, -0.2) is 0 Å². The molecule has 0 aromatic heterocycles. The topological polar surface area (TPSA) is 47.7 Å². The molecule has 2 atom stereocenters. The predicted octanol–water partition coefficient (Wildman–Crippen LogP) is -0.319. The molecule has 0 aliphatic carbocycles. The van der Waals surface area contributed by atoms with Crippen molar-refractivity contribution in [1.82, 2.24) is 4.90 Å². The van der Waals surface area contributed by atoms with E-state index in [9.17, 15) is 0 Å². The first-order valence-electron chi connectivity index (χ1n) is 4.82. The summed E-state index contributed by atoms with van der Waals surface area (Å²) in [7, 11) is 1.73. The van der Waals surface area contributed by atoms with Crippen molar-refractivity contribution in [1.29, 1.82) is 0 Å². The Balaban J connectivity index is 2.32. The van der Waals surface area contributed by atoms with E-state index < -0.39 is 0 Å². The maximum atomic E-state index is 5.56. The zero-order chi connectivity index (χ0) is 9.68. The number of nitrogens with two attached hydrogens (primary N) is 1. The van der Waals surface area contributed by atoms with Crippen molar-refractivity contribution >= 4 is 0 Å². The van der Waals surface area contributed by atoms with E-state index in [1.54, 1.807) is 7.11 Å². The summed E-state index contributed by atoms with van der Waals surface area (Å²) in [5.74, 6) is 0. The van der Waals surface area contributed by atoms with Crippen molar-refractivity contribution in [2.45, 2.75) is 19.1 Å². The molecule has 1 saturated heterocycles. The fourth-order valence-electron chi connectivity index (χ4n) is 1.63. The summed E-state index contributed by atoms with van der Waals surface area (Å²) < 4.78 is 10.6. The predicted molar refractivity (Wildman–Crippen MR) is 51.7 cm³/mol. The summed E-state index contributed by atoms with van der Waals surface area (Å²) in [6.45, 7) is 6.26. The summed E-state index contributed by atoms with van der Waals surface area (Å²) in [5, 5.41) is 0. The molecule has 0 bridgehead atoms. The quantitative estimate of drug-likeness (QED) is 0.657. The second-order valence-corrected chi connectivity index (χ2v) is 3.53. The van der Waals surface area contributed by atoms with Gasteiger partial charge in [-0.2, -0.15) is 0 Å². The first-order valence-corrected chi connectivity index (χ1v) is 4.82. The first-order chi connectivity index (χ1) is 6.27. The van der Waals surface area contributed by atoms with Crippen LogP contribution in [0.15, 0.2) is 0 Å². The molecule has 0 aromatic carbocycles. The van der Waals surface area contributed by atoms with E-state index in [1.165, 1.54) is 0 Å². The van der Waals surface area contributed by atoms with Crippen LogP contribution in [-0.4, -0.2) is 57.0 Å². The van der Waals surface area contributed by atoms with Crippen molar-refractivity contribution in [3.63, 3.8) is 0 Å². The number of hydrogen-bond acceptors (Lipinski definition) is 4. The first kappa shape index (κ1) is 10.9. The van der Waals surface area contributed by atoms with Gasteiger partial charge in [0.05, 0.1) is 19.3 Å². The molecule has 4 heteroatoms. The molecule has 0 amide bonds. The average molecular weight is 188 g/mol. The van der Waals surface area contributed by atoms with E-state index in [4.69, 9.17) is 15.2 Å². The van der Waals surface area contributed by atoms with Crippen LogP contribution in [0, 0.1) is 0 Å². The van der Waals surface area contributed by atoms with Crippen LogP contribution in [0.3, 0.4) is 0 Å². The van der Waals surface area contributed by atoms with Gasteiger partial charge in [-0.15, -0.1) is 0 Å². The lowest BCUT2D eigenvalue weighted by Crippen LogP contribution is -2.50. The Morgan fingerprint density at radius 2 is 2.46 bits per heavy atom. The van der Waals surface area contributed by atoms with Crippen LogP contribution in [0.5, 0.6) is 0 Å². The molecule has 78 valence electrons. The molecule has 0 radical (unpaired) electrons. The maximum Gasteiger partial charge on any atom is 0.0824 e. The highest BCUT2D eigenvalue weighted by molar-refractivity contribution is 4.76. The Labute approximate surface area is 80.0 Å². The summed E-state index contributed by atoms with van der Waals surface area (Å²) in [5.41, 5.74) is 5.56. The van der Waals surface area contributed by atoms with Gasteiger partial charge in [-0.05, 0) is 6.92 Å². The fourth-order valence-corrected chi connectivity index (χ4v) is 1.63. The number of nitrogens with zero attached hydrogens (tertiary/aromatic N) is 1. The molecule has 1 aliphatic rings. The SMILES string of the molecule is COCC(C)N1CCOC(CN)C1. The molecule has 0 spiro atoms. The monoisotopic (exact) mass is 188 g/mol. The largest absolute Gasteiger partial charge is 0.383 e. The van der Waals surface area contributed by atoms with Gasteiger partial charge in [-0.1, -0.05) is 0 Å². The third-order valence-corrected chi connectivity index (χ3v) is 2.46. The molecule has 2 N–H and O–H groups in total. The Kier molecular flexibility index (Phi) is 4.66. The van der Waals surface area contributed by atoms with E-state index in [-0.39, 0.29) is 6.10 Å². The average Bonchev–Trinajstić information content (AvgIpc) is 2.18. The minimum atomic E-state index is 0.202. The second kappa shape index (κ2) is 5.54. The Morgan fingerprint density at radius 1 is 1.69 bits per heavy atom. The smallest absolute Gasteiger partial charge is 0.0824 e. The van der Waals surface area contributed by atoms with Gasteiger partial charge in [0, 0.05) is 32.8 Å². The van der Waals surface area contributed by atoms with Crippen molar-refractivity contribution in [3.8, 4) is 0 Å². The molecule has 2 unspecified atom stereocenters. The van der Waals surface area contributed by atoms with E-state index in [2.05, 4.69) is 11.8 Å². The van der Waals surface area contributed by atoms with E-state index in [0.29, 0.717) is 12.6 Å². The maximum absolute atomic E-state index is 5.56. The summed E-state index contributed by atoms with van der Waals surface area (Å²) in [4.78, 5) is 2.37. The van der Waals surface area contributed by atoms with E-state index >= 15 is 0 Å². The third-order valence-electron chi connectivity index (χ3n) is 2.46. The second-order valence-electron chi connectivity index (χ2n) is 3.53. The fraction of sp³-hybridized carbons (Fsp3) is 1.00. The summed E-state index contributed by atoms with van der Waals surface area (Å²) in [6.07, 6.45) is 0.202. The van der Waals surface area contributed by atoms with Crippen LogP contribution in [0.2, 0.25) is 0 Å². The standard InChI is InChI=1S/C9H20N2O2/c1-8(7-12-2)11-3-4-13-9(5-10)6-11/h8-9H,3-7,10H2,1-2H3. The van der Waals surface area contributed by atoms with Gasteiger partial charge in [0.25, 0.3) is 0 Å². The zero-order valence-corrected chi connectivity index (χ0v) is 8.53. The molecule has 1 rings (SSSR count). The molecule has 1 fully saturated rings. The number of methoxy groups -OCH3 is 1. The Bertz CT molecular complexity index is 144. The van der Waals surface area contributed by atoms with Gasteiger partial charge >= 0.3 is 0 Å². The molecule has 0 saturated carbocycles. The molecule has 1 aliphatic heterocycles. The molecule has 0 aromatic rings. The van der Waals surface area contributed by atoms with Crippen LogP contribution in [0.25, 0.3) is 0 Å². The molecule has 1 heterocycles. The highest BCUT2D eigenvalue weighted by Crippen LogP contribution is 2.08. The van der Waals surface area contributed by atoms with E-state index in [0.717, 1.165) is 26.3 Å². The number of rotatable bonds is 4. The normalized spacial score (nSPS) is 27.5. The highest BCUT2D eigenvalue weighted by Gasteiger charge is 2.22. The van der Waals surface area contributed by atoms with Gasteiger partial charge in [0.15, 0.2) is 0 Å². The number of ether oxygens (including phenoxy) is 2. The third kappa shape index (κ3) is 3.23. The number of morpholine rings is 1. The van der Waals surface area contributed by atoms with Gasteiger partial charge in [0.1, 0.15) is 0 Å². The molecular weight excluding hydrogens is 168 g/mol. The van der Waals surface area contributed by atoms with Crippen molar-refractivity contribution in [3.05, 3.63) is 0 Å². The molecule has 4 nitrogen and oxygen atoms in total. The Morgan fingerprint density at radius 3 is 3.08 bits per heavy atom.